The molecule has 0 aliphatic carbocycles. The van der Waals surface area contributed by atoms with Gasteiger partial charge in [-0.25, -0.2) is 0 Å². The van der Waals surface area contributed by atoms with Crippen molar-refractivity contribution in [2.75, 3.05) is 18.1 Å². The van der Waals surface area contributed by atoms with E-state index < -0.39 is 11.4 Å². The van der Waals surface area contributed by atoms with E-state index in [1.807, 2.05) is 69.3 Å². The summed E-state index contributed by atoms with van der Waals surface area (Å²) in [5.41, 5.74) is 1.17. The fourth-order valence-electron chi connectivity index (χ4n) is 5.90. The van der Waals surface area contributed by atoms with Crippen LogP contribution in [0, 0.1) is 6.92 Å². The molecule has 3 heterocycles. The summed E-state index contributed by atoms with van der Waals surface area (Å²) in [6, 6.07) is 19.9. The zero-order valence-corrected chi connectivity index (χ0v) is 23.3. The van der Waals surface area contributed by atoms with E-state index in [0.717, 1.165) is 11.1 Å². The van der Waals surface area contributed by atoms with Gasteiger partial charge in [-0.1, -0.05) is 59.6 Å². The lowest BCUT2D eigenvalue weighted by atomic mass is 9.84. The van der Waals surface area contributed by atoms with E-state index in [1.165, 1.54) is 4.90 Å². The lowest BCUT2D eigenvalue weighted by Crippen LogP contribution is -2.53. The van der Waals surface area contributed by atoms with Crippen LogP contribution >= 0.6 is 11.6 Å². The minimum atomic E-state index is -1.67. The fourth-order valence-corrected chi connectivity index (χ4v) is 6.10. The van der Waals surface area contributed by atoms with E-state index in [-0.39, 0.29) is 41.9 Å². The molecule has 7 nitrogen and oxygen atoms in total. The van der Waals surface area contributed by atoms with Crippen LogP contribution in [0.3, 0.4) is 0 Å². The number of halogens is 1. The second kappa shape index (κ2) is 9.91. The number of hydrogen-bond acceptors (Lipinski definition) is 5. The SMILES string of the molecule is Cc1ccc2oc3c(c(=O)c2c1)C1(C(=O)N(Cc2ccccc2Cl)c2ccccc21)N(CCCOC(C)C)C3=O. The monoisotopic (exact) mass is 556 g/mol. The lowest BCUT2D eigenvalue weighted by Gasteiger charge is -2.34. The first-order chi connectivity index (χ1) is 19.2. The minimum Gasteiger partial charge on any atom is -0.450 e. The maximum atomic E-state index is 14.8. The van der Waals surface area contributed by atoms with Gasteiger partial charge in [0, 0.05) is 23.7 Å². The molecule has 1 unspecified atom stereocenters. The first-order valence-electron chi connectivity index (χ1n) is 13.4. The summed E-state index contributed by atoms with van der Waals surface area (Å²) >= 11 is 6.50. The summed E-state index contributed by atoms with van der Waals surface area (Å²) < 4.78 is 11.9. The average molecular weight is 557 g/mol. The normalized spacial score (nSPS) is 17.9. The number of nitrogens with zero attached hydrogens (tertiary/aromatic N) is 2. The summed E-state index contributed by atoms with van der Waals surface area (Å²) in [6.07, 6.45) is 0.504. The van der Waals surface area contributed by atoms with E-state index in [0.29, 0.717) is 40.3 Å². The highest BCUT2D eigenvalue weighted by molar-refractivity contribution is 6.31. The Morgan fingerprint density at radius 3 is 2.52 bits per heavy atom. The summed E-state index contributed by atoms with van der Waals surface area (Å²) in [7, 11) is 0. The lowest BCUT2D eigenvalue weighted by molar-refractivity contribution is -0.126. The summed E-state index contributed by atoms with van der Waals surface area (Å²) in [5, 5.41) is 0.867. The van der Waals surface area contributed by atoms with Gasteiger partial charge in [-0.05, 0) is 57.0 Å². The van der Waals surface area contributed by atoms with Crippen molar-refractivity contribution in [1.29, 1.82) is 0 Å². The molecule has 0 fully saturated rings. The summed E-state index contributed by atoms with van der Waals surface area (Å²) in [5.74, 6) is -0.958. The second-order valence-electron chi connectivity index (χ2n) is 10.6. The molecule has 0 saturated heterocycles. The van der Waals surface area contributed by atoms with Crippen LogP contribution < -0.4 is 10.3 Å². The van der Waals surface area contributed by atoms with Crippen LogP contribution in [-0.4, -0.2) is 36.0 Å². The Morgan fingerprint density at radius 2 is 1.75 bits per heavy atom. The Balaban J connectivity index is 1.58. The Labute approximate surface area is 236 Å². The van der Waals surface area contributed by atoms with Gasteiger partial charge < -0.3 is 19.0 Å². The molecule has 1 spiro atoms. The molecule has 0 N–H and O–H groups in total. The predicted octanol–water partition coefficient (Wildman–Crippen LogP) is 5.82. The molecule has 3 aromatic carbocycles. The van der Waals surface area contributed by atoms with Gasteiger partial charge in [0.2, 0.25) is 5.76 Å². The van der Waals surface area contributed by atoms with Crippen LogP contribution in [0.2, 0.25) is 5.02 Å². The van der Waals surface area contributed by atoms with Gasteiger partial charge in [0.15, 0.2) is 11.0 Å². The third-order valence-corrected chi connectivity index (χ3v) is 8.02. The molecule has 0 saturated carbocycles. The number of ether oxygens (including phenoxy) is 1. The highest BCUT2D eigenvalue weighted by atomic mass is 35.5. The van der Waals surface area contributed by atoms with Crippen LogP contribution in [0.25, 0.3) is 11.0 Å². The largest absolute Gasteiger partial charge is 0.450 e. The summed E-state index contributed by atoms with van der Waals surface area (Å²) in [6.45, 7) is 6.55. The van der Waals surface area contributed by atoms with E-state index in [2.05, 4.69) is 0 Å². The standard InChI is InChI=1S/C32H29ClN2O5/c1-19(2)39-16-8-15-35-30(37)29-27(28(36)22-17-20(3)13-14-26(22)40-29)32(35)23-10-5-7-12-25(23)34(31(32)38)18-21-9-4-6-11-24(21)33/h4-7,9-14,17,19H,8,15-16,18H2,1-3H3. The van der Waals surface area contributed by atoms with Crippen molar-refractivity contribution < 1.29 is 18.7 Å². The Hall–Kier alpha value is -3.94. The highest BCUT2D eigenvalue weighted by Gasteiger charge is 2.64. The van der Waals surface area contributed by atoms with Crippen molar-refractivity contribution in [2.24, 2.45) is 0 Å². The van der Waals surface area contributed by atoms with Crippen LogP contribution in [0.1, 0.15) is 53.1 Å². The number of amides is 2. The quantitative estimate of drug-likeness (QED) is 0.268. The first kappa shape index (κ1) is 26.3. The van der Waals surface area contributed by atoms with Gasteiger partial charge >= 0.3 is 0 Å². The zero-order valence-electron chi connectivity index (χ0n) is 22.6. The number of anilines is 1. The van der Waals surface area contributed by atoms with Crippen LogP contribution in [-0.2, 0) is 21.6 Å². The number of aryl methyl sites for hydroxylation is 1. The Kier molecular flexibility index (Phi) is 6.51. The number of para-hydroxylation sites is 1. The van der Waals surface area contributed by atoms with Crippen molar-refractivity contribution in [3.63, 3.8) is 0 Å². The number of hydrogen-bond donors (Lipinski definition) is 0. The predicted molar refractivity (Wildman–Crippen MR) is 154 cm³/mol. The molecule has 1 aromatic heterocycles. The Bertz CT molecular complexity index is 1730. The third kappa shape index (κ3) is 3.87. The molecule has 40 heavy (non-hydrogen) atoms. The molecule has 0 bridgehead atoms. The molecule has 6 rings (SSSR count). The molecular weight excluding hydrogens is 528 g/mol. The van der Waals surface area contributed by atoms with Crippen LogP contribution in [0.15, 0.2) is 75.9 Å². The van der Waals surface area contributed by atoms with E-state index in [4.69, 9.17) is 20.8 Å². The first-order valence-corrected chi connectivity index (χ1v) is 13.8. The second-order valence-corrected chi connectivity index (χ2v) is 11.0. The smallest absolute Gasteiger partial charge is 0.291 e. The third-order valence-electron chi connectivity index (χ3n) is 7.65. The van der Waals surface area contributed by atoms with Gasteiger partial charge in [0.1, 0.15) is 5.58 Å². The molecule has 2 amide bonds. The molecule has 1 atom stereocenters. The number of fused-ring (bicyclic) bond motifs is 5. The Morgan fingerprint density at radius 1 is 1.00 bits per heavy atom. The van der Waals surface area contributed by atoms with Crippen molar-refractivity contribution in [1.82, 2.24) is 4.90 Å². The van der Waals surface area contributed by atoms with Gasteiger partial charge in [-0.2, -0.15) is 0 Å². The number of rotatable bonds is 7. The van der Waals surface area contributed by atoms with Crippen molar-refractivity contribution in [3.05, 3.63) is 110 Å². The average Bonchev–Trinajstić information content (AvgIpc) is 3.32. The summed E-state index contributed by atoms with van der Waals surface area (Å²) in [4.78, 5) is 46.3. The number of carbonyl (C=O) groups is 2. The zero-order chi connectivity index (χ0) is 28.2. The maximum Gasteiger partial charge on any atom is 0.291 e. The molecule has 204 valence electrons. The molecule has 0 radical (unpaired) electrons. The van der Waals surface area contributed by atoms with Crippen molar-refractivity contribution >= 4 is 40.1 Å². The number of carbonyl (C=O) groups excluding carboxylic acids is 2. The van der Waals surface area contributed by atoms with Gasteiger partial charge in [-0.3, -0.25) is 14.4 Å². The van der Waals surface area contributed by atoms with Crippen molar-refractivity contribution in [2.45, 2.75) is 45.4 Å². The van der Waals surface area contributed by atoms with Gasteiger partial charge in [-0.15, -0.1) is 0 Å². The molecule has 2 aliphatic rings. The van der Waals surface area contributed by atoms with E-state index in [9.17, 15) is 14.4 Å². The molecule has 2 aliphatic heterocycles. The van der Waals surface area contributed by atoms with Crippen molar-refractivity contribution in [3.8, 4) is 0 Å². The van der Waals surface area contributed by atoms with Crippen LogP contribution in [0.4, 0.5) is 5.69 Å². The van der Waals surface area contributed by atoms with E-state index in [1.54, 1.807) is 23.1 Å². The van der Waals surface area contributed by atoms with Gasteiger partial charge in [0.05, 0.1) is 29.3 Å². The topological polar surface area (TPSA) is 80.1 Å². The molecule has 4 aromatic rings. The molecular formula is C32H29ClN2O5. The number of benzene rings is 3. The van der Waals surface area contributed by atoms with Crippen LogP contribution in [0.5, 0.6) is 0 Å². The fraction of sp³-hybridized carbons (Fsp3) is 0.281. The minimum absolute atomic E-state index is 0.0252. The molecule has 8 heteroatoms. The highest BCUT2D eigenvalue weighted by Crippen LogP contribution is 2.53. The maximum absolute atomic E-state index is 14.8. The van der Waals surface area contributed by atoms with E-state index >= 15 is 0 Å². The van der Waals surface area contributed by atoms with Gasteiger partial charge in [0.25, 0.3) is 11.8 Å².